The number of piperazine rings is 1. The van der Waals surface area contributed by atoms with E-state index in [4.69, 9.17) is 9.47 Å². The Kier molecular flexibility index (Phi) is 6.53. The minimum absolute atomic E-state index is 0.000229. The van der Waals surface area contributed by atoms with E-state index >= 15 is 0 Å². The van der Waals surface area contributed by atoms with Gasteiger partial charge in [-0.15, -0.1) is 0 Å². The van der Waals surface area contributed by atoms with Gasteiger partial charge in [-0.25, -0.2) is 0 Å². The summed E-state index contributed by atoms with van der Waals surface area (Å²) in [5.41, 5.74) is 1.76. The van der Waals surface area contributed by atoms with E-state index in [1.54, 1.807) is 31.4 Å². The molecule has 1 heterocycles. The Labute approximate surface area is 165 Å². The van der Waals surface area contributed by atoms with Crippen LogP contribution in [0, 0.1) is 0 Å². The zero-order valence-electron chi connectivity index (χ0n) is 16.4. The number of ether oxygens (including phenoxy) is 2. The second-order valence-corrected chi connectivity index (χ2v) is 6.66. The molecule has 6 nitrogen and oxygen atoms in total. The van der Waals surface area contributed by atoms with Crippen molar-refractivity contribution in [2.24, 2.45) is 0 Å². The molecule has 1 aliphatic heterocycles. The number of hydrogen-bond donors (Lipinski definition) is 0. The van der Waals surface area contributed by atoms with E-state index in [2.05, 4.69) is 11.0 Å². The fourth-order valence-corrected chi connectivity index (χ4v) is 3.20. The van der Waals surface area contributed by atoms with E-state index < -0.39 is 0 Å². The molecule has 1 amide bonds. The number of benzene rings is 2. The molecular weight excluding hydrogens is 356 g/mol. The second kappa shape index (κ2) is 9.26. The Bertz CT molecular complexity index is 812. The summed E-state index contributed by atoms with van der Waals surface area (Å²) in [4.78, 5) is 28.2. The van der Waals surface area contributed by atoms with E-state index in [-0.39, 0.29) is 18.3 Å². The van der Waals surface area contributed by atoms with Gasteiger partial charge in [0.1, 0.15) is 11.5 Å². The Morgan fingerprint density at radius 1 is 0.964 bits per heavy atom. The summed E-state index contributed by atoms with van der Waals surface area (Å²) in [6, 6.07) is 14.9. The number of carbonyl (C=O) groups is 2. The predicted octanol–water partition coefficient (Wildman–Crippen LogP) is 3.02. The van der Waals surface area contributed by atoms with Crippen molar-refractivity contribution < 1.29 is 19.1 Å². The first kappa shape index (κ1) is 19.7. The van der Waals surface area contributed by atoms with Crippen molar-refractivity contribution in [1.29, 1.82) is 0 Å². The van der Waals surface area contributed by atoms with Crippen LogP contribution in [0.4, 0.5) is 5.69 Å². The Morgan fingerprint density at radius 3 is 2.32 bits per heavy atom. The molecule has 0 unspecified atom stereocenters. The van der Waals surface area contributed by atoms with E-state index in [1.807, 2.05) is 30.0 Å². The third kappa shape index (κ3) is 4.82. The number of anilines is 1. The highest BCUT2D eigenvalue weighted by Gasteiger charge is 2.21. The molecule has 1 saturated heterocycles. The molecule has 0 aromatic heterocycles. The van der Waals surface area contributed by atoms with Crippen LogP contribution in [0.5, 0.6) is 11.5 Å². The van der Waals surface area contributed by atoms with Crippen LogP contribution in [0.1, 0.15) is 23.7 Å². The zero-order valence-corrected chi connectivity index (χ0v) is 16.4. The Morgan fingerprint density at radius 2 is 1.68 bits per heavy atom. The fourth-order valence-electron chi connectivity index (χ4n) is 3.20. The minimum atomic E-state index is -0.0287. The summed E-state index contributed by atoms with van der Waals surface area (Å²) in [6.07, 6.45) is 0.473. The highest BCUT2D eigenvalue weighted by molar-refractivity contribution is 5.95. The van der Waals surface area contributed by atoms with Crippen LogP contribution in [-0.2, 0) is 4.79 Å². The van der Waals surface area contributed by atoms with E-state index in [0.717, 1.165) is 24.5 Å². The number of carbonyl (C=O) groups excluding carboxylic acids is 2. The van der Waals surface area contributed by atoms with Gasteiger partial charge >= 0.3 is 0 Å². The van der Waals surface area contributed by atoms with Crippen molar-refractivity contribution in [3.63, 3.8) is 0 Å². The molecule has 2 aromatic rings. The first-order valence-corrected chi connectivity index (χ1v) is 9.53. The van der Waals surface area contributed by atoms with Gasteiger partial charge in [-0.1, -0.05) is 13.0 Å². The third-order valence-corrected chi connectivity index (χ3v) is 4.91. The van der Waals surface area contributed by atoms with Gasteiger partial charge in [0.2, 0.25) is 0 Å². The van der Waals surface area contributed by atoms with Crippen molar-refractivity contribution in [2.75, 3.05) is 44.8 Å². The van der Waals surface area contributed by atoms with Gasteiger partial charge < -0.3 is 19.3 Å². The van der Waals surface area contributed by atoms with Crippen LogP contribution < -0.4 is 14.4 Å². The quantitative estimate of drug-likeness (QED) is 0.689. The number of amides is 1. The van der Waals surface area contributed by atoms with E-state index in [0.29, 0.717) is 30.8 Å². The van der Waals surface area contributed by atoms with Crippen LogP contribution in [0.2, 0.25) is 0 Å². The summed E-state index contributed by atoms with van der Waals surface area (Å²) in [5.74, 6) is 1.49. The highest BCUT2D eigenvalue weighted by atomic mass is 16.5. The lowest BCUT2D eigenvalue weighted by molar-refractivity contribution is -0.133. The number of rotatable bonds is 7. The normalized spacial score (nSPS) is 13.9. The molecule has 0 spiro atoms. The molecule has 3 rings (SSSR count). The van der Waals surface area contributed by atoms with Crippen LogP contribution >= 0.6 is 0 Å². The van der Waals surface area contributed by atoms with Crippen LogP contribution in [0.15, 0.2) is 48.5 Å². The number of methoxy groups -OCH3 is 1. The predicted molar refractivity (Wildman–Crippen MR) is 108 cm³/mol. The molecule has 2 aromatic carbocycles. The van der Waals surface area contributed by atoms with Crippen molar-refractivity contribution in [3.05, 3.63) is 54.1 Å². The van der Waals surface area contributed by atoms with Gasteiger partial charge in [0, 0.05) is 49.9 Å². The molecule has 1 fully saturated rings. The molecule has 0 bridgehead atoms. The largest absolute Gasteiger partial charge is 0.497 e. The fraction of sp³-hybridized carbons (Fsp3) is 0.364. The average Bonchev–Trinajstić information content (AvgIpc) is 2.77. The number of Topliss-reactive ketones (excluding diaryl/α,β-unsaturated/α-hetero) is 1. The van der Waals surface area contributed by atoms with Crippen LogP contribution in [0.3, 0.4) is 0 Å². The Balaban J connectivity index is 1.48. The standard InChI is InChI=1S/C22H26N2O4/c1-3-21(25)17-7-9-19(10-8-17)28-16-22(26)24-13-11-23(12-14-24)18-5-4-6-20(15-18)27-2/h4-10,15H,3,11-14,16H2,1-2H3. The van der Waals surface area contributed by atoms with Gasteiger partial charge in [0.25, 0.3) is 5.91 Å². The lowest BCUT2D eigenvalue weighted by Gasteiger charge is -2.36. The maximum atomic E-state index is 12.4. The monoisotopic (exact) mass is 382 g/mol. The molecule has 0 N–H and O–H groups in total. The van der Waals surface area contributed by atoms with Gasteiger partial charge in [-0.3, -0.25) is 9.59 Å². The maximum Gasteiger partial charge on any atom is 0.260 e. The minimum Gasteiger partial charge on any atom is -0.497 e. The van der Waals surface area contributed by atoms with Crippen LogP contribution in [0.25, 0.3) is 0 Å². The van der Waals surface area contributed by atoms with Gasteiger partial charge in [0.05, 0.1) is 7.11 Å². The van der Waals surface area contributed by atoms with Crippen molar-refractivity contribution >= 4 is 17.4 Å². The molecule has 148 valence electrons. The molecule has 6 heteroatoms. The topological polar surface area (TPSA) is 59.1 Å². The van der Waals surface area contributed by atoms with Crippen LogP contribution in [-0.4, -0.2) is 56.5 Å². The SMILES string of the molecule is CCC(=O)c1ccc(OCC(=O)N2CCN(c3cccc(OC)c3)CC2)cc1. The third-order valence-electron chi connectivity index (χ3n) is 4.91. The van der Waals surface area contributed by atoms with E-state index in [9.17, 15) is 9.59 Å². The Hall–Kier alpha value is -3.02. The molecule has 28 heavy (non-hydrogen) atoms. The molecule has 1 aliphatic rings. The number of hydrogen-bond acceptors (Lipinski definition) is 5. The van der Waals surface area contributed by atoms with Gasteiger partial charge in [-0.2, -0.15) is 0 Å². The van der Waals surface area contributed by atoms with Gasteiger partial charge in [-0.05, 0) is 36.4 Å². The van der Waals surface area contributed by atoms with Gasteiger partial charge in [0.15, 0.2) is 12.4 Å². The lowest BCUT2D eigenvalue weighted by Crippen LogP contribution is -2.50. The first-order valence-electron chi connectivity index (χ1n) is 9.53. The molecule has 0 atom stereocenters. The molecule has 0 radical (unpaired) electrons. The summed E-state index contributed by atoms with van der Waals surface area (Å²) in [5, 5.41) is 0. The van der Waals surface area contributed by atoms with Crippen molar-refractivity contribution in [2.45, 2.75) is 13.3 Å². The summed E-state index contributed by atoms with van der Waals surface area (Å²) < 4.78 is 10.9. The summed E-state index contributed by atoms with van der Waals surface area (Å²) in [7, 11) is 1.66. The second-order valence-electron chi connectivity index (χ2n) is 6.66. The maximum absolute atomic E-state index is 12.4. The average molecular weight is 382 g/mol. The lowest BCUT2D eigenvalue weighted by atomic mass is 10.1. The first-order chi connectivity index (χ1) is 13.6. The zero-order chi connectivity index (χ0) is 19.9. The molecular formula is C22H26N2O4. The number of nitrogens with zero attached hydrogens (tertiary/aromatic N) is 2. The smallest absolute Gasteiger partial charge is 0.260 e. The molecule has 0 aliphatic carbocycles. The van der Waals surface area contributed by atoms with E-state index in [1.165, 1.54) is 0 Å². The number of ketones is 1. The van der Waals surface area contributed by atoms with Crippen molar-refractivity contribution in [1.82, 2.24) is 4.90 Å². The molecule has 0 saturated carbocycles. The summed E-state index contributed by atoms with van der Waals surface area (Å²) in [6.45, 7) is 4.69. The van der Waals surface area contributed by atoms with Crippen molar-refractivity contribution in [3.8, 4) is 11.5 Å². The highest BCUT2D eigenvalue weighted by Crippen LogP contribution is 2.22. The summed E-state index contributed by atoms with van der Waals surface area (Å²) >= 11 is 0.